The van der Waals surface area contributed by atoms with E-state index in [1.165, 1.54) is 7.11 Å². The fourth-order valence-electron chi connectivity index (χ4n) is 3.40. The molecule has 0 aliphatic heterocycles. The molecule has 1 fully saturated rings. The molecule has 0 bridgehead atoms. The molecule has 1 saturated carbocycles. The van der Waals surface area contributed by atoms with Crippen LogP contribution in [0.4, 0.5) is 0 Å². The van der Waals surface area contributed by atoms with Gasteiger partial charge < -0.3 is 10.1 Å². The molecule has 1 aromatic heterocycles. The van der Waals surface area contributed by atoms with Gasteiger partial charge in [0, 0.05) is 6.54 Å². The number of aryl methyl sites for hydroxylation is 3. The van der Waals surface area contributed by atoms with Crippen LogP contribution in [0.25, 0.3) is 0 Å². The normalized spacial score (nSPS) is 25.9. The quantitative estimate of drug-likeness (QED) is 0.821. The van der Waals surface area contributed by atoms with Crippen molar-refractivity contribution in [3.8, 4) is 0 Å². The lowest BCUT2D eigenvalue weighted by Crippen LogP contribution is -2.54. The van der Waals surface area contributed by atoms with Crippen LogP contribution in [-0.2, 0) is 16.1 Å². The number of hydrogen-bond acceptors (Lipinski definition) is 5. The summed E-state index contributed by atoms with van der Waals surface area (Å²) < 4.78 is 6.92. The van der Waals surface area contributed by atoms with Gasteiger partial charge in [0.15, 0.2) is 0 Å². The van der Waals surface area contributed by atoms with Gasteiger partial charge in [-0.1, -0.05) is 6.42 Å². The van der Waals surface area contributed by atoms with E-state index in [4.69, 9.17) is 4.74 Å². The number of rotatable bonds is 5. The molecule has 0 spiro atoms. The van der Waals surface area contributed by atoms with Gasteiger partial charge in [0.2, 0.25) is 0 Å². The van der Waals surface area contributed by atoms with Crippen molar-refractivity contribution in [3.63, 3.8) is 0 Å². The van der Waals surface area contributed by atoms with Crippen LogP contribution in [0.1, 0.15) is 37.3 Å². The van der Waals surface area contributed by atoms with Crippen molar-refractivity contribution in [2.75, 3.05) is 14.2 Å². The summed E-state index contributed by atoms with van der Waals surface area (Å²) in [5, 5.41) is 7.59. The molecule has 0 saturated heterocycles. The summed E-state index contributed by atoms with van der Waals surface area (Å²) in [5.74, 6) is 1.85. The van der Waals surface area contributed by atoms with Gasteiger partial charge in [0.05, 0.1) is 7.11 Å². The van der Waals surface area contributed by atoms with Crippen molar-refractivity contribution >= 4 is 5.97 Å². The Morgan fingerprint density at radius 1 is 1.55 bits per heavy atom. The van der Waals surface area contributed by atoms with E-state index in [0.29, 0.717) is 0 Å². The third-order valence-electron chi connectivity index (χ3n) is 4.47. The molecule has 1 aromatic rings. The molecule has 20 heavy (non-hydrogen) atoms. The van der Waals surface area contributed by atoms with Crippen molar-refractivity contribution < 1.29 is 9.53 Å². The predicted octanol–water partition coefficient (Wildman–Crippen LogP) is 1.22. The summed E-state index contributed by atoms with van der Waals surface area (Å²) in [6.07, 6.45) is 3.84. The first-order chi connectivity index (χ1) is 9.53. The lowest BCUT2D eigenvalue weighted by Gasteiger charge is -2.32. The Bertz CT molecular complexity index is 486. The Balaban J connectivity index is 2.08. The fraction of sp³-hybridized carbons (Fsp3) is 0.786. The Kier molecular flexibility index (Phi) is 4.42. The molecule has 1 aliphatic carbocycles. The Labute approximate surface area is 119 Å². The minimum Gasteiger partial charge on any atom is -0.468 e. The molecule has 1 N–H and O–H groups in total. The molecule has 0 amide bonds. The van der Waals surface area contributed by atoms with Gasteiger partial charge in [-0.15, -0.1) is 0 Å². The van der Waals surface area contributed by atoms with Gasteiger partial charge in [-0.3, -0.25) is 9.48 Å². The zero-order valence-electron chi connectivity index (χ0n) is 12.8. The van der Waals surface area contributed by atoms with E-state index < -0.39 is 5.54 Å². The molecule has 6 nitrogen and oxygen atoms in total. The van der Waals surface area contributed by atoms with Gasteiger partial charge in [-0.25, -0.2) is 4.98 Å². The summed E-state index contributed by atoms with van der Waals surface area (Å²) in [6.45, 7) is 4.64. The molecule has 2 rings (SSSR count). The number of carbonyl (C=O) groups excluding carboxylic acids is 1. The highest BCUT2D eigenvalue weighted by Crippen LogP contribution is 2.38. The van der Waals surface area contributed by atoms with E-state index in [1.807, 2.05) is 25.6 Å². The van der Waals surface area contributed by atoms with Crippen molar-refractivity contribution in [1.29, 1.82) is 0 Å². The van der Waals surface area contributed by atoms with Gasteiger partial charge in [0.25, 0.3) is 0 Å². The number of nitrogens with one attached hydrogen (secondary N) is 1. The second kappa shape index (κ2) is 5.91. The average molecular weight is 280 g/mol. The molecular weight excluding hydrogens is 256 g/mol. The highest BCUT2D eigenvalue weighted by atomic mass is 16.5. The van der Waals surface area contributed by atoms with E-state index in [0.717, 1.165) is 43.9 Å². The Hall–Kier alpha value is -1.43. The Morgan fingerprint density at radius 3 is 2.85 bits per heavy atom. The van der Waals surface area contributed by atoms with Crippen LogP contribution < -0.4 is 5.32 Å². The first-order valence-corrected chi connectivity index (χ1v) is 7.19. The van der Waals surface area contributed by atoms with Crippen molar-refractivity contribution in [1.82, 2.24) is 20.1 Å². The smallest absolute Gasteiger partial charge is 0.326 e. The molecule has 2 unspecified atom stereocenters. The predicted molar refractivity (Wildman–Crippen MR) is 75.3 cm³/mol. The lowest BCUT2D eigenvalue weighted by molar-refractivity contribution is -0.150. The van der Waals surface area contributed by atoms with Crippen LogP contribution in [0.15, 0.2) is 0 Å². The molecule has 112 valence electrons. The molecule has 0 radical (unpaired) electrons. The first-order valence-electron chi connectivity index (χ1n) is 7.19. The van der Waals surface area contributed by atoms with E-state index in [-0.39, 0.29) is 11.9 Å². The van der Waals surface area contributed by atoms with E-state index in [9.17, 15) is 4.79 Å². The fourth-order valence-corrected chi connectivity index (χ4v) is 3.40. The second-order valence-electron chi connectivity index (χ2n) is 5.52. The number of likely N-dealkylation sites (N-methyl/N-ethyl adjacent to an activating group) is 1. The molecule has 6 heteroatoms. The zero-order chi connectivity index (χ0) is 14.8. The monoisotopic (exact) mass is 280 g/mol. The van der Waals surface area contributed by atoms with Crippen LogP contribution >= 0.6 is 0 Å². The largest absolute Gasteiger partial charge is 0.468 e. The maximum atomic E-state index is 12.1. The number of nitrogens with zero attached hydrogens (tertiary/aromatic N) is 3. The SMILES string of the molecule is CNC1(C(=O)OC)CCCC1CCn1nc(C)nc1C. The molecule has 0 aromatic carbocycles. The van der Waals surface area contributed by atoms with Crippen molar-refractivity contribution in [3.05, 3.63) is 11.6 Å². The van der Waals surface area contributed by atoms with Crippen LogP contribution in [0.3, 0.4) is 0 Å². The zero-order valence-corrected chi connectivity index (χ0v) is 12.8. The average Bonchev–Trinajstić information content (AvgIpc) is 2.99. The number of hydrogen-bond donors (Lipinski definition) is 1. The van der Waals surface area contributed by atoms with Gasteiger partial charge >= 0.3 is 5.97 Å². The number of methoxy groups -OCH3 is 1. The number of carbonyl (C=O) groups is 1. The molecule has 2 atom stereocenters. The van der Waals surface area contributed by atoms with Gasteiger partial charge in [-0.2, -0.15) is 5.10 Å². The molecule has 1 aliphatic rings. The standard InChI is InChI=1S/C14H24N4O2/c1-10-16-11(2)18(17-10)9-7-12-6-5-8-14(12,15-3)13(19)20-4/h12,15H,5-9H2,1-4H3. The summed E-state index contributed by atoms with van der Waals surface area (Å²) in [4.78, 5) is 16.4. The van der Waals surface area contributed by atoms with Crippen LogP contribution in [0, 0.1) is 19.8 Å². The van der Waals surface area contributed by atoms with E-state index in [1.54, 1.807) is 0 Å². The second-order valence-corrected chi connectivity index (χ2v) is 5.52. The van der Waals surface area contributed by atoms with Crippen LogP contribution in [0.5, 0.6) is 0 Å². The molecule has 1 heterocycles. The van der Waals surface area contributed by atoms with Gasteiger partial charge in [-0.05, 0) is 46.1 Å². The maximum absolute atomic E-state index is 12.1. The van der Waals surface area contributed by atoms with Crippen LogP contribution in [0.2, 0.25) is 0 Å². The summed E-state index contributed by atoms with van der Waals surface area (Å²) in [7, 11) is 3.31. The lowest BCUT2D eigenvalue weighted by atomic mass is 9.84. The summed E-state index contributed by atoms with van der Waals surface area (Å²) >= 11 is 0. The molecular formula is C14H24N4O2. The van der Waals surface area contributed by atoms with Crippen molar-refractivity contribution in [2.24, 2.45) is 5.92 Å². The minimum absolute atomic E-state index is 0.144. The highest BCUT2D eigenvalue weighted by Gasteiger charge is 2.48. The minimum atomic E-state index is -0.529. The summed E-state index contributed by atoms with van der Waals surface area (Å²) in [5.41, 5.74) is -0.529. The summed E-state index contributed by atoms with van der Waals surface area (Å²) in [6, 6.07) is 0. The maximum Gasteiger partial charge on any atom is 0.326 e. The number of ether oxygens (including phenoxy) is 1. The van der Waals surface area contributed by atoms with Crippen LogP contribution in [-0.4, -0.2) is 40.4 Å². The topological polar surface area (TPSA) is 69.0 Å². The number of aromatic nitrogens is 3. The van der Waals surface area contributed by atoms with E-state index in [2.05, 4.69) is 15.4 Å². The van der Waals surface area contributed by atoms with Crippen molar-refractivity contribution in [2.45, 2.75) is 51.6 Å². The third kappa shape index (κ3) is 2.57. The third-order valence-corrected chi connectivity index (χ3v) is 4.47. The first kappa shape index (κ1) is 15.0. The Morgan fingerprint density at radius 2 is 2.30 bits per heavy atom. The van der Waals surface area contributed by atoms with E-state index >= 15 is 0 Å². The van der Waals surface area contributed by atoms with Gasteiger partial charge in [0.1, 0.15) is 17.2 Å². The highest BCUT2D eigenvalue weighted by molar-refractivity contribution is 5.81. The number of esters is 1.